The van der Waals surface area contributed by atoms with E-state index in [4.69, 9.17) is 5.73 Å². The lowest BCUT2D eigenvalue weighted by Gasteiger charge is -2.06. The molecule has 20 heavy (non-hydrogen) atoms. The van der Waals surface area contributed by atoms with Gasteiger partial charge in [0.1, 0.15) is 10.6 Å². The van der Waals surface area contributed by atoms with Crippen LogP contribution in [0.1, 0.15) is 16.7 Å². The van der Waals surface area contributed by atoms with Crippen molar-refractivity contribution >= 4 is 44.7 Å². The highest BCUT2D eigenvalue weighted by Gasteiger charge is 2.09. The molecule has 0 atom stereocenters. The molecule has 0 aliphatic heterocycles. The van der Waals surface area contributed by atoms with Crippen molar-refractivity contribution in [1.29, 1.82) is 0 Å². The topological polar surface area (TPSA) is 63.8 Å². The summed E-state index contributed by atoms with van der Waals surface area (Å²) in [5.41, 5.74) is 5.79. The lowest BCUT2D eigenvalue weighted by Crippen LogP contribution is -2.07. The fourth-order valence-electron chi connectivity index (χ4n) is 2.06. The largest absolute Gasteiger partial charge is 0.369 e. The summed E-state index contributed by atoms with van der Waals surface area (Å²) in [6.07, 6.45) is 2.00. The molecule has 0 saturated carbocycles. The molecular weight excluding hydrogens is 288 g/mol. The van der Waals surface area contributed by atoms with Gasteiger partial charge in [-0.1, -0.05) is 13.0 Å². The van der Waals surface area contributed by atoms with Gasteiger partial charge in [-0.25, -0.2) is 4.98 Å². The van der Waals surface area contributed by atoms with Crippen LogP contribution in [0.2, 0.25) is 0 Å². The molecule has 0 bridgehead atoms. The first kappa shape index (κ1) is 13.3. The van der Waals surface area contributed by atoms with E-state index in [9.17, 15) is 0 Å². The summed E-state index contributed by atoms with van der Waals surface area (Å²) < 4.78 is 0. The second-order valence-corrected chi connectivity index (χ2v) is 6.62. The van der Waals surface area contributed by atoms with E-state index in [1.165, 1.54) is 9.75 Å². The predicted molar refractivity (Wildman–Crippen MR) is 87.7 cm³/mol. The standard InChI is InChI=1S/C14H16N4S2/c1-2-9-8-11-12(17-14(15)18-13(11)20-9)16-6-5-10-4-3-7-19-10/h3-4,7-8H,2,5-6H2,1H3,(H3,15,16,17,18). The summed E-state index contributed by atoms with van der Waals surface area (Å²) in [6.45, 7) is 2.99. The van der Waals surface area contributed by atoms with Crippen LogP contribution >= 0.6 is 22.7 Å². The number of nitrogens with one attached hydrogen (secondary N) is 1. The quantitative estimate of drug-likeness (QED) is 0.756. The molecule has 4 nitrogen and oxygen atoms in total. The van der Waals surface area contributed by atoms with Crippen LogP contribution in [0.3, 0.4) is 0 Å². The first-order chi connectivity index (χ1) is 9.76. The molecule has 3 rings (SSSR count). The average Bonchev–Trinajstić information content (AvgIpc) is 3.06. The smallest absolute Gasteiger partial charge is 0.223 e. The monoisotopic (exact) mass is 304 g/mol. The van der Waals surface area contributed by atoms with E-state index in [0.717, 1.165) is 35.4 Å². The second-order valence-electron chi connectivity index (χ2n) is 4.47. The summed E-state index contributed by atoms with van der Waals surface area (Å²) in [7, 11) is 0. The van der Waals surface area contributed by atoms with Gasteiger partial charge in [0, 0.05) is 16.3 Å². The molecule has 0 aliphatic rings. The van der Waals surface area contributed by atoms with E-state index in [1.807, 2.05) is 0 Å². The van der Waals surface area contributed by atoms with Crippen LogP contribution in [0, 0.1) is 0 Å². The molecule has 0 aromatic carbocycles. The van der Waals surface area contributed by atoms with Gasteiger partial charge in [-0.3, -0.25) is 0 Å². The van der Waals surface area contributed by atoms with E-state index in [2.05, 4.69) is 45.8 Å². The molecule has 0 spiro atoms. The zero-order chi connectivity index (χ0) is 13.9. The lowest BCUT2D eigenvalue weighted by molar-refractivity contribution is 1.03. The first-order valence-electron chi connectivity index (χ1n) is 6.58. The van der Waals surface area contributed by atoms with Crippen molar-refractivity contribution in [3.05, 3.63) is 33.3 Å². The molecule has 3 aromatic rings. The molecule has 0 unspecified atom stereocenters. The second kappa shape index (κ2) is 5.76. The van der Waals surface area contributed by atoms with Gasteiger partial charge in [0.2, 0.25) is 5.95 Å². The van der Waals surface area contributed by atoms with Crippen molar-refractivity contribution in [1.82, 2.24) is 9.97 Å². The lowest BCUT2D eigenvalue weighted by atomic mass is 10.3. The number of aromatic nitrogens is 2. The van der Waals surface area contributed by atoms with Crippen LogP contribution in [0.15, 0.2) is 23.6 Å². The van der Waals surface area contributed by atoms with Crippen molar-refractivity contribution in [3.63, 3.8) is 0 Å². The highest BCUT2D eigenvalue weighted by atomic mass is 32.1. The Labute approximate surface area is 125 Å². The predicted octanol–water partition coefficient (Wildman–Crippen LogP) is 3.55. The highest BCUT2D eigenvalue weighted by Crippen LogP contribution is 2.29. The summed E-state index contributed by atoms with van der Waals surface area (Å²) in [4.78, 5) is 12.3. The molecular formula is C14H16N4S2. The number of nitrogen functional groups attached to an aromatic ring is 1. The van der Waals surface area contributed by atoms with Gasteiger partial charge in [-0.05, 0) is 30.4 Å². The maximum absolute atomic E-state index is 5.79. The molecule has 0 fully saturated rings. The molecule has 3 heterocycles. The molecule has 3 aromatic heterocycles. The Morgan fingerprint density at radius 3 is 2.95 bits per heavy atom. The normalized spacial score (nSPS) is 11.1. The van der Waals surface area contributed by atoms with Crippen LogP contribution < -0.4 is 11.1 Å². The van der Waals surface area contributed by atoms with Gasteiger partial charge in [0.05, 0.1) is 5.39 Å². The fraction of sp³-hybridized carbons (Fsp3) is 0.286. The number of hydrogen-bond acceptors (Lipinski definition) is 6. The number of rotatable bonds is 5. The number of thiophene rings is 2. The number of anilines is 2. The van der Waals surface area contributed by atoms with E-state index < -0.39 is 0 Å². The Morgan fingerprint density at radius 1 is 1.30 bits per heavy atom. The maximum atomic E-state index is 5.79. The van der Waals surface area contributed by atoms with Gasteiger partial charge in [0.15, 0.2) is 0 Å². The van der Waals surface area contributed by atoms with E-state index in [-0.39, 0.29) is 0 Å². The van der Waals surface area contributed by atoms with E-state index in [0.29, 0.717) is 5.95 Å². The van der Waals surface area contributed by atoms with Gasteiger partial charge < -0.3 is 11.1 Å². The third kappa shape index (κ3) is 2.76. The minimum atomic E-state index is 0.334. The van der Waals surface area contributed by atoms with Crippen LogP contribution in [-0.4, -0.2) is 16.5 Å². The average molecular weight is 304 g/mol. The third-order valence-electron chi connectivity index (χ3n) is 3.05. The van der Waals surface area contributed by atoms with Gasteiger partial charge in [-0.15, -0.1) is 22.7 Å². The van der Waals surface area contributed by atoms with Crippen LogP contribution in [-0.2, 0) is 12.8 Å². The van der Waals surface area contributed by atoms with Crippen LogP contribution in [0.25, 0.3) is 10.2 Å². The Balaban J connectivity index is 1.80. The Hall–Kier alpha value is -1.66. The third-order valence-corrected chi connectivity index (χ3v) is 5.16. The van der Waals surface area contributed by atoms with Gasteiger partial charge in [0.25, 0.3) is 0 Å². The van der Waals surface area contributed by atoms with Crippen molar-refractivity contribution in [2.24, 2.45) is 0 Å². The minimum Gasteiger partial charge on any atom is -0.369 e. The van der Waals surface area contributed by atoms with Crippen molar-refractivity contribution in [2.75, 3.05) is 17.6 Å². The van der Waals surface area contributed by atoms with Crippen molar-refractivity contribution in [2.45, 2.75) is 19.8 Å². The fourth-order valence-corrected chi connectivity index (χ4v) is 3.74. The number of nitrogens with zero attached hydrogens (tertiary/aromatic N) is 2. The summed E-state index contributed by atoms with van der Waals surface area (Å²) in [5.74, 6) is 1.18. The summed E-state index contributed by atoms with van der Waals surface area (Å²) >= 11 is 3.46. The maximum Gasteiger partial charge on any atom is 0.223 e. The molecule has 0 aliphatic carbocycles. The number of nitrogens with two attached hydrogens (primary N) is 1. The molecule has 104 valence electrons. The molecule has 6 heteroatoms. The number of aryl methyl sites for hydroxylation is 1. The van der Waals surface area contributed by atoms with Crippen molar-refractivity contribution < 1.29 is 0 Å². The first-order valence-corrected chi connectivity index (χ1v) is 8.28. The summed E-state index contributed by atoms with van der Waals surface area (Å²) in [6, 6.07) is 6.39. The van der Waals surface area contributed by atoms with Crippen LogP contribution in [0.4, 0.5) is 11.8 Å². The Bertz CT molecular complexity index is 703. The number of fused-ring (bicyclic) bond motifs is 1. The van der Waals surface area contributed by atoms with E-state index >= 15 is 0 Å². The molecule has 0 saturated heterocycles. The Morgan fingerprint density at radius 2 is 2.20 bits per heavy atom. The Kier molecular flexibility index (Phi) is 3.84. The van der Waals surface area contributed by atoms with Crippen molar-refractivity contribution in [3.8, 4) is 0 Å². The van der Waals surface area contributed by atoms with E-state index in [1.54, 1.807) is 22.7 Å². The van der Waals surface area contributed by atoms with Gasteiger partial charge in [-0.2, -0.15) is 4.98 Å². The zero-order valence-corrected chi connectivity index (χ0v) is 12.9. The van der Waals surface area contributed by atoms with Gasteiger partial charge >= 0.3 is 0 Å². The summed E-state index contributed by atoms with van der Waals surface area (Å²) in [5, 5.41) is 6.56. The SMILES string of the molecule is CCc1cc2c(NCCc3cccs3)nc(N)nc2s1. The zero-order valence-electron chi connectivity index (χ0n) is 11.2. The molecule has 3 N–H and O–H groups in total. The highest BCUT2D eigenvalue weighted by molar-refractivity contribution is 7.18. The van der Waals surface area contributed by atoms with Crippen LogP contribution in [0.5, 0.6) is 0 Å². The molecule has 0 amide bonds. The minimum absolute atomic E-state index is 0.334. The molecule has 0 radical (unpaired) electrons. The number of hydrogen-bond donors (Lipinski definition) is 2.